The van der Waals surface area contributed by atoms with E-state index >= 15 is 0 Å². The molecule has 0 amide bonds. The van der Waals surface area contributed by atoms with Crippen LogP contribution in [-0.4, -0.2) is 28.6 Å². The van der Waals surface area contributed by atoms with Gasteiger partial charge in [0.1, 0.15) is 17.5 Å². The minimum Gasteiger partial charge on any atom is -0.370 e. The first-order valence-electron chi connectivity index (χ1n) is 8.28. The van der Waals surface area contributed by atoms with Crippen molar-refractivity contribution in [1.29, 1.82) is 0 Å². The zero-order chi connectivity index (χ0) is 15.6. The molecule has 4 nitrogen and oxygen atoms in total. The summed E-state index contributed by atoms with van der Waals surface area (Å²) in [6.45, 7) is 14.1. The summed E-state index contributed by atoms with van der Waals surface area (Å²) in [6, 6.07) is 3.28. The lowest BCUT2D eigenvalue weighted by atomic mass is 9.95. The molecule has 1 aliphatic rings. The zero-order valence-corrected chi connectivity index (χ0v) is 14.4. The van der Waals surface area contributed by atoms with Gasteiger partial charge in [-0.2, -0.15) is 0 Å². The third-order valence-corrected chi connectivity index (χ3v) is 4.26. The van der Waals surface area contributed by atoms with Gasteiger partial charge in [0, 0.05) is 30.1 Å². The van der Waals surface area contributed by atoms with Crippen LogP contribution in [0, 0.1) is 0 Å². The molecule has 1 aromatic heterocycles. The Labute approximate surface area is 129 Å². The Morgan fingerprint density at radius 1 is 1.24 bits per heavy atom. The highest BCUT2D eigenvalue weighted by molar-refractivity contribution is 5.52. The van der Waals surface area contributed by atoms with E-state index in [1.807, 2.05) is 0 Å². The predicted octanol–water partition coefficient (Wildman–Crippen LogP) is 3.97. The quantitative estimate of drug-likeness (QED) is 0.911. The molecule has 1 N–H and O–H groups in total. The Kier molecular flexibility index (Phi) is 4.74. The molecule has 0 bridgehead atoms. The molecule has 0 saturated carbocycles. The molecule has 21 heavy (non-hydrogen) atoms. The van der Waals surface area contributed by atoms with Crippen LogP contribution >= 0.6 is 0 Å². The Bertz CT molecular complexity index is 478. The topological polar surface area (TPSA) is 41.0 Å². The van der Waals surface area contributed by atoms with Crippen LogP contribution in [-0.2, 0) is 5.41 Å². The van der Waals surface area contributed by atoms with E-state index in [9.17, 15) is 0 Å². The average molecular weight is 290 g/mol. The van der Waals surface area contributed by atoms with Crippen molar-refractivity contribution in [2.24, 2.45) is 0 Å². The van der Waals surface area contributed by atoms with Crippen LogP contribution < -0.4 is 10.2 Å². The van der Waals surface area contributed by atoms with Crippen LogP contribution in [0.2, 0.25) is 0 Å². The van der Waals surface area contributed by atoms with Gasteiger partial charge in [-0.1, -0.05) is 27.7 Å². The summed E-state index contributed by atoms with van der Waals surface area (Å²) in [7, 11) is 0. The third kappa shape index (κ3) is 3.47. The molecule has 1 aromatic rings. The standard InChI is InChI=1S/C17H30N4/c1-7-13-10-9-12(3)21(13)15-11-14(18-8-2)19-16(20-15)17(4,5)6/h11-13H,7-10H2,1-6H3,(H,18,19,20). The van der Waals surface area contributed by atoms with Crippen LogP contribution in [0.5, 0.6) is 0 Å². The summed E-state index contributed by atoms with van der Waals surface area (Å²) < 4.78 is 0. The molecule has 0 aliphatic carbocycles. The van der Waals surface area contributed by atoms with E-state index in [1.165, 1.54) is 19.3 Å². The maximum Gasteiger partial charge on any atom is 0.138 e. The minimum atomic E-state index is -0.0369. The third-order valence-electron chi connectivity index (χ3n) is 4.26. The van der Waals surface area contributed by atoms with Crippen LogP contribution in [0.25, 0.3) is 0 Å². The first-order valence-corrected chi connectivity index (χ1v) is 8.28. The maximum atomic E-state index is 4.89. The fourth-order valence-electron chi connectivity index (χ4n) is 3.06. The normalized spacial score (nSPS) is 22.7. The van der Waals surface area contributed by atoms with Gasteiger partial charge in [0.2, 0.25) is 0 Å². The first-order chi connectivity index (χ1) is 9.86. The number of anilines is 2. The number of hydrogen-bond acceptors (Lipinski definition) is 4. The van der Waals surface area contributed by atoms with Crippen molar-refractivity contribution in [3.63, 3.8) is 0 Å². The van der Waals surface area contributed by atoms with Gasteiger partial charge in [-0.3, -0.25) is 0 Å². The van der Waals surface area contributed by atoms with E-state index in [-0.39, 0.29) is 5.41 Å². The zero-order valence-electron chi connectivity index (χ0n) is 14.4. The summed E-state index contributed by atoms with van der Waals surface area (Å²) in [6.07, 6.45) is 3.70. The Balaban J connectivity index is 2.44. The van der Waals surface area contributed by atoms with E-state index in [0.29, 0.717) is 12.1 Å². The largest absolute Gasteiger partial charge is 0.370 e. The first kappa shape index (κ1) is 16.1. The molecule has 1 saturated heterocycles. The van der Waals surface area contributed by atoms with Crippen LogP contribution in [0.15, 0.2) is 6.07 Å². The highest BCUT2D eigenvalue weighted by Gasteiger charge is 2.31. The van der Waals surface area contributed by atoms with Crippen molar-refractivity contribution in [1.82, 2.24) is 9.97 Å². The van der Waals surface area contributed by atoms with Crippen molar-refractivity contribution < 1.29 is 0 Å². The summed E-state index contributed by atoms with van der Waals surface area (Å²) in [5.74, 6) is 2.95. The summed E-state index contributed by atoms with van der Waals surface area (Å²) in [5, 5.41) is 3.35. The molecule has 0 radical (unpaired) electrons. The fourth-order valence-corrected chi connectivity index (χ4v) is 3.06. The van der Waals surface area contributed by atoms with Gasteiger partial charge >= 0.3 is 0 Å². The number of hydrogen-bond donors (Lipinski definition) is 1. The molecule has 2 unspecified atom stereocenters. The number of aromatic nitrogens is 2. The molecular formula is C17H30N4. The van der Waals surface area contributed by atoms with Crippen molar-refractivity contribution in [2.45, 2.75) is 78.3 Å². The Morgan fingerprint density at radius 3 is 2.52 bits per heavy atom. The van der Waals surface area contributed by atoms with Gasteiger partial charge in [0.25, 0.3) is 0 Å². The molecule has 4 heteroatoms. The molecule has 2 atom stereocenters. The molecule has 2 heterocycles. The van der Waals surface area contributed by atoms with Crippen LogP contribution in [0.3, 0.4) is 0 Å². The predicted molar refractivity (Wildman–Crippen MR) is 90.1 cm³/mol. The smallest absolute Gasteiger partial charge is 0.138 e. The summed E-state index contributed by atoms with van der Waals surface area (Å²) in [4.78, 5) is 12.1. The Hall–Kier alpha value is -1.32. The second kappa shape index (κ2) is 6.20. The van der Waals surface area contributed by atoms with E-state index in [0.717, 1.165) is 24.0 Å². The minimum absolute atomic E-state index is 0.0369. The van der Waals surface area contributed by atoms with Crippen molar-refractivity contribution >= 4 is 11.6 Å². The van der Waals surface area contributed by atoms with E-state index in [2.05, 4.69) is 57.8 Å². The van der Waals surface area contributed by atoms with Crippen molar-refractivity contribution in [3.8, 4) is 0 Å². The molecule has 1 aliphatic heterocycles. The van der Waals surface area contributed by atoms with Crippen molar-refractivity contribution in [3.05, 3.63) is 11.9 Å². The van der Waals surface area contributed by atoms with Crippen molar-refractivity contribution in [2.75, 3.05) is 16.8 Å². The van der Waals surface area contributed by atoms with Gasteiger partial charge in [-0.05, 0) is 33.1 Å². The van der Waals surface area contributed by atoms with E-state index < -0.39 is 0 Å². The van der Waals surface area contributed by atoms with Gasteiger partial charge in [0.05, 0.1) is 0 Å². The molecule has 0 spiro atoms. The van der Waals surface area contributed by atoms with E-state index in [4.69, 9.17) is 9.97 Å². The second-order valence-electron chi connectivity index (χ2n) is 7.11. The molecule has 0 aromatic carbocycles. The number of rotatable bonds is 4. The molecule has 2 rings (SSSR count). The lowest BCUT2D eigenvalue weighted by Crippen LogP contribution is -2.35. The second-order valence-corrected chi connectivity index (χ2v) is 7.11. The maximum absolute atomic E-state index is 4.89. The van der Waals surface area contributed by atoms with Crippen LogP contribution in [0.1, 0.15) is 66.6 Å². The summed E-state index contributed by atoms with van der Waals surface area (Å²) in [5.41, 5.74) is -0.0369. The fraction of sp³-hybridized carbons (Fsp3) is 0.765. The molecule has 1 fully saturated rings. The van der Waals surface area contributed by atoms with E-state index in [1.54, 1.807) is 0 Å². The van der Waals surface area contributed by atoms with Gasteiger partial charge in [-0.25, -0.2) is 9.97 Å². The lowest BCUT2D eigenvalue weighted by molar-refractivity contribution is 0.540. The lowest BCUT2D eigenvalue weighted by Gasteiger charge is -2.30. The number of nitrogens with one attached hydrogen (secondary N) is 1. The van der Waals surface area contributed by atoms with Gasteiger partial charge < -0.3 is 10.2 Å². The highest BCUT2D eigenvalue weighted by atomic mass is 15.3. The number of nitrogens with zero attached hydrogens (tertiary/aromatic N) is 3. The monoisotopic (exact) mass is 290 g/mol. The van der Waals surface area contributed by atoms with Crippen LogP contribution in [0.4, 0.5) is 11.6 Å². The molecular weight excluding hydrogens is 260 g/mol. The SMILES string of the molecule is CCNc1cc(N2C(C)CCC2CC)nc(C(C)(C)C)n1. The van der Waals surface area contributed by atoms with Gasteiger partial charge in [-0.15, -0.1) is 0 Å². The van der Waals surface area contributed by atoms with Gasteiger partial charge in [0.15, 0.2) is 0 Å². The Morgan fingerprint density at radius 2 is 1.95 bits per heavy atom. The summed E-state index contributed by atoms with van der Waals surface area (Å²) >= 11 is 0. The average Bonchev–Trinajstić information content (AvgIpc) is 2.79. The highest BCUT2D eigenvalue weighted by Crippen LogP contribution is 2.33. The molecule has 118 valence electrons.